The Labute approximate surface area is 171 Å². The van der Waals surface area contributed by atoms with Crippen molar-refractivity contribution in [1.29, 1.82) is 0 Å². The van der Waals surface area contributed by atoms with Crippen LogP contribution in [0.5, 0.6) is 0 Å². The molecular weight excluding hydrogens is 374 g/mol. The summed E-state index contributed by atoms with van der Waals surface area (Å²) in [6, 6.07) is 3.37. The first-order valence-corrected chi connectivity index (χ1v) is 10.5. The van der Waals surface area contributed by atoms with Gasteiger partial charge in [0.05, 0.1) is 6.26 Å². The molecule has 29 heavy (non-hydrogen) atoms. The maximum absolute atomic E-state index is 12.7. The van der Waals surface area contributed by atoms with Gasteiger partial charge in [0.2, 0.25) is 5.91 Å². The second kappa shape index (κ2) is 9.91. The van der Waals surface area contributed by atoms with Crippen LogP contribution < -0.4 is 0 Å². The molecule has 0 radical (unpaired) electrons. The van der Waals surface area contributed by atoms with Gasteiger partial charge in [0, 0.05) is 46.1 Å². The van der Waals surface area contributed by atoms with Gasteiger partial charge >= 0.3 is 5.97 Å². The third kappa shape index (κ3) is 5.82. The van der Waals surface area contributed by atoms with Crippen LogP contribution in [0.25, 0.3) is 0 Å². The second-order valence-electron chi connectivity index (χ2n) is 8.13. The normalized spacial score (nSPS) is 23.6. The number of furan rings is 1. The predicted molar refractivity (Wildman–Crippen MR) is 106 cm³/mol. The lowest BCUT2D eigenvalue weighted by atomic mass is 9.81. The van der Waals surface area contributed by atoms with Crippen molar-refractivity contribution in [3.63, 3.8) is 0 Å². The van der Waals surface area contributed by atoms with Crippen LogP contribution in [0.1, 0.15) is 43.2 Å². The molecule has 2 saturated heterocycles. The zero-order chi connectivity index (χ0) is 20.8. The Bertz CT molecular complexity index is 705. The van der Waals surface area contributed by atoms with Gasteiger partial charge in [-0.15, -0.1) is 0 Å². The molecule has 2 unspecified atom stereocenters. The molecular formula is C21H31N3O5. The molecule has 1 aromatic heterocycles. The highest BCUT2D eigenvalue weighted by Crippen LogP contribution is 2.30. The van der Waals surface area contributed by atoms with E-state index in [1.165, 1.54) is 6.26 Å². The fourth-order valence-corrected chi connectivity index (χ4v) is 4.50. The lowest BCUT2D eigenvalue weighted by Crippen LogP contribution is -2.45. The number of aliphatic carboxylic acids is 1. The minimum atomic E-state index is -0.780. The van der Waals surface area contributed by atoms with Crippen LogP contribution in [0.3, 0.4) is 0 Å². The highest BCUT2D eigenvalue weighted by molar-refractivity contribution is 5.91. The number of carboxylic acids is 1. The summed E-state index contributed by atoms with van der Waals surface area (Å²) in [7, 11) is 0. The molecule has 2 aliphatic heterocycles. The zero-order valence-electron chi connectivity index (χ0n) is 17.1. The molecule has 2 atom stereocenters. The Morgan fingerprint density at radius 2 is 1.93 bits per heavy atom. The SMILES string of the molecule is CC(=O)N1CCCN(CCC2CN(C(=O)c3ccco3)CCC2CC(=O)O)CC1. The third-order valence-electron chi connectivity index (χ3n) is 6.20. The Hall–Kier alpha value is -2.35. The Balaban J connectivity index is 1.59. The lowest BCUT2D eigenvalue weighted by molar-refractivity contribution is -0.139. The maximum atomic E-state index is 12.7. The van der Waals surface area contributed by atoms with E-state index in [0.717, 1.165) is 45.6 Å². The smallest absolute Gasteiger partial charge is 0.303 e. The number of carbonyl (C=O) groups is 3. The summed E-state index contributed by atoms with van der Waals surface area (Å²) in [6.07, 6.45) is 4.13. The van der Waals surface area contributed by atoms with Gasteiger partial charge in [0.25, 0.3) is 5.91 Å². The van der Waals surface area contributed by atoms with E-state index in [4.69, 9.17) is 4.42 Å². The molecule has 2 fully saturated rings. The first-order chi connectivity index (χ1) is 13.9. The fraction of sp³-hybridized carbons (Fsp3) is 0.667. The summed E-state index contributed by atoms with van der Waals surface area (Å²) in [6.45, 7) is 6.90. The van der Waals surface area contributed by atoms with Crippen molar-refractivity contribution in [3.8, 4) is 0 Å². The summed E-state index contributed by atoms with van der Waals surface area (Å²) in [4.78, 5) is 41.6. The van der Waals surface area contributed by atoms with Gasteiger partial charge in [0.15, 0.2) is 5.76 Å². The van der Waals surface area contributed by atoms with Gasteiger partial charge < -0.3 is 24.2 Å². The van der Waals surface area contributed by atoms with Gasteiger partial charge in [-0.05, 0) is 56.3 Å². The number of hydrogen-bond donors (Lipinski definition) is 1. The summed E-state index contributed by atoms with van der Waals surface area (Å²) in [5.41, 5.74) is 0. The van der Waals surface area contributed by atoms with Crippen LogP contribution in [-0.2, 0) is 9.59 Å². The van der Waals surface area contributed by atoms with Crippen molar-refractivity contribution in [1.82, 2.24) is 14.7 Å². The predicted octanol–water partition coefficient (Wildman–Crippen LogP) is 1.78. The number of carboxylic acid groups (broad SMARTS) is 1. The fourth-order valence-electron chi connectivity index (χ4n) is 4.50. The molecule has 2 aliphatic rings. The largest absolute Gasteiger partial charge is 0.481 e. The van der Waals surface area contributed by atoms with Gasteiger partial charge in [-0.3, -0.25) is 14.4 Å². The number of likely N-dealkylation sites (tertiary alicyclic amines) is 1. The van der Waals surface area contributed by atoms with Crippen molar-refractivity contribution in [2.24, 2.45) is 11.8 Å². The number of amides is 2. The number of rotatable bonds is 6. The number of nitrogens with zero attached hydrogens (tertiary/aromatic N) is 3. The van der Waals surface area contributed by atoms with E-state index in [1.54, 1.807) is 24.0 Å². The molecule has 2 amide bonds. The highest BCUT2D eigenvalue weighted by Gasteiger charge is 2.34. The summed E-state index contributed by atoms with van der Waals surface area (Å²) in [5.74, 6) is -0.233. The molecule has 3 rings (SSSR count). The van der Waals surface area contributed by atoms with E-state index >= 15 is 0 Å². The first-order valence-electron chi connectivity index (χ1n) is 10.5. The van der Waals surface area contributed by atoms with Crippen LogP contribution in [0.15, 0.2) is 22.8 Å². The van der Waals surface area contributed by atoms with Crippen LogP contribution in [0.4, 0.5) is 0 Å². The Morgan fingerprint density at radius 1 is 1.10 bits per heavy atom. The van der Waals surface area contributed by atoms with E-state index < -0.39 is 5.97 Å². The zero-order valence-corrected chi connectivity index (χ0v) is 17.1. The standard InChI is InChI=1S/C21H31N3O5/c1-16(25)23-8-3-7-22(11-12-23)9-5-18-15-24(10-6-17(18)14-20(26)27)21(28)19-4-2-13-29-19/h2,4,13,17-18H,3,5-12,14-15H2,1H3,(H,26,27). The van der Waals surface area contributed by atoms with Crippen LogP contribution in [0, 0.1) is 11.8 Å². The molecule has 0 bridgehead atoms. The average Bonchev–Trinajstić information content (AvgIpc) is 3.11. The highest BCUT2D eigenvalue weighted by atomic mass is 16.4. The van der Waals surface area contributed by atoms with Crippen LogP contribution >= 0.6 is 0 Å². The summed E-state index contributed by atoms with van der Waals surface area (Å²) in [5, 5.41) is 9.30. The molecule has 8 nitrogen and oxygen atoms in total. The molecule has 0 spiro atoms. The van der Waals surface area contributed by atoms with Crippen LogP contribution in [0.2, 0.25) is 0 Å². The van der Waals surface area contributed by atoms with Crippen molar-refractivity contribution in [2.75, 3.05) is 45.8 Å². The van der Waals surface area contributed by atoms with Crippen molar-refractivity contribution < 1.29 is 23.9 Å². The van der Waals surface area contributed by atoms with Crippen LogP contribution in [-0.4, -0.2) is 83.4 Å². The van der Waals surface area contributed by atoms with Gasteiger partial charge in [-0.25, -0.2) is 0 Å². The summed E-state index contributed by atoms with van der Waals surface area (Å²) < 4.78 is 5.25. The molecule has 8 heteroatoms. The minimum absolute atomic E-state index is 0.0776. The molecule has 0 saturated carbocycles. The molecule has 160 valence electrons. The van der Waals surface area contributed by atoms with Crippen molar-refractivity contribution >= 4 is 17.8 Å². The number of carbonyl (C=O) groups excluding carboxylic acids is 2. The van der Waals surface area contributed by atoms with Crippen molar-refractivity contribution in [3.05, 3.63) is 24.2 Å². The third-order valence-corrected chi connectivity index (χ3v) is 6.20. The minimum Gasteiger partial charge on any atom is -0.481 e. The topological polar surface area (TPSA) is 94.3 Å². The number of piperidine rings is 1. The van der Waals surface area contributed by atoms with Crippen molar-refractivity contribution in [2.45, 2.75) is 32.6 Å². The number of hydrogen-bond acceptors (Lipinski definition) is 5. The Morgan fingerprint density at radius 3 is 2.62 bits per heavy atom. The van der Waals surface area contributed by atoms with Gasteiger partial charge in [-0.1, -0.05) is 0 Å². The first kappa shape index (κ1) is 21.4. The van der Waals surface area contributed by atoms with E-state index in [-0.39, 0.29) is 30.1 Å². The van der Waals surface area contributed by atoms with E-state index in [2.05, 4.69) is 4.90 Å². The molecule has 1 N–H and O–H groups in total. The lowest BCUT2D eigenvalue weighted by Gasteiger charge is -2.38. The molecule has 3 heterocycles. The van der Waals surface area contributed by atoms with E-state index in [1.807, 2.05) is 4.90 Å². The summed E-state index contributed by atoms with van der Waals surface area (Å²) >= 11 is 0. The average molecular weight is 405 g/mol. The van der Waals surface area contributed by atoms with E-state index in [0.29, 0.717) is 25.3 Å². The van der Waals surface area contributed by atoms with Gasteiger partial charge in [0.1, 0.15) is 0 Å². The second-order valence-corrected chi connectivity index (χ2v) is 8.13. The van der Waals surface area contributed by atoms with E-state index in [9.17, 15) is 19.5 Å². The monoisotopic (exact) mass is 405 g/mol. The molecule has 1 aromatic rings. The maximum Gasteiger partial charge on any atom is 0.303 e. The Kier molecular flexibility index (Phi) is 7.30. The molecule has 0 aliphatic carbocycles. The molecule has 0 aromatic carbocycles. The quantitative estimate of drug-likeness (QED) is 0.775. The van der Waals surface area contributed by atoms with Gasteiger partial charge in [-0.2, -0.15) is 0 Å².